The molecule has 4 nitrogen and oxygen atoms in total. The Labute approximate surface area is 107 Å². The van der Waals surface area contributed by atoms with Crippen LogP contribution in [-0.2, 0) is 6.42 Å². The predicted molar refractivity (Wildman–Crippen MR) is 73.6 cm³/mol. The second-order valence-electron chi connectivity index (χ2n) is 3.73. The molecule has 2 N–H and O–H groups in total. The molecule has 18 heavy (non-hydrogen) atoms. The first-order valence-corrected chi connectivity index (χ1v) is 5.73. The molecule has 0 aliphatic carbocycles. The zero-order valence-electron chi connectivity index (χ0n) is 10.4. The van der Waals surface area contributed by atoms with Gasteiger partial charge in [0, 0.05) is 24.2 Å². The topological polar surface area (TPSA) is 72.6 Å². The van der Waals surface area contributed by atoms with E-state index in [1.54, 1.807) is 18.5 Å². The highest BCUT2D eigenvalue weighted by Crippen LogP contribution is 2.14. The van der Waals surface area contributed by atoms with Crippen LogP contribution in [0.1, 0.15) is 24.5 Å². The zero-order chi connectivity index (χ0) is 13.4. The van der Waals surface area contributed by atoms with Gasteiger partial charge in [-0.1, -0.05) is 26.0 Å². The van der Waals surface area contributed by atoms with Crippen molar-refractivity contribution in [3.63, 3.8) is 0 Å². The second kappa shape index (κ2) is 7.02. The summed E-state index contributed by atoms with van der Waals surface area (Å²) in [6.07, 6.45) is 7.84. The number of hydrogen-bond acceptors (Lipinski definition) is 4. The van der Waals surface area contributed by atoms with E-state index in [0.717, 1.165) is 18.4 Å². The van der Waals surface area contributed by atoms with Gasteiger partial charge in [0.05, 0.1) is 5.56 Å². The number of aryl methyl sites for hydroxylation is 1. The molecule has 0 radical (unpaired) electrons. The van der Waals surface area contributed by atoms with Crippen molar-refractivity contribution in [3.05, 3.63) is 47.8 Å². The quantitative estimate of drug-likeness (QED) is 0.593. The van der Waals surface area contributed by atoms with Crippen molar-refractivity contribution in [1.29, 1.82) is 10.7 Å². The Morgan fingerprint density at radius 1 is 1.67 bits per heavy atom. The van der Waals surface area contributed by atoms with E-state index in [2.05, 4.69) is 29.9 Å². The smallest absolute Gasteiger partial charge is 0.130 e. The summed E-state index contributed by atoms with van der Waals surface area (Å²) in [5.41, 5.74) is 2.27. The fourth-order valence-electron chi connectivity index (χ4n) is 1.47. The first-order valence-electron chi connectivity index (χ1n) is 5.73. The van der Waals surface area contributed by atoms with Crippen molar-refractivity contribution in [2.24, 2.45) is 0 Å². The molecule has 1 heterocycles. The molecular formula is C14H16N4. The summed E-state index contributed by atoms with van der Waals surface area (Å²) in [6, 6.07) is 4.00. The Morgan fingerprint density at radius 3 is 3.00 bits per heavy atom. The molecule has 0 fully saturated rings. The maximum absolute atomic E-state index is 8.96. The summed E-state index contributed by atoms with van der Waals surface area (Å²) >= 11 is 0. The van der Waals surface area contributed by atoms with E-state index in [0.29, 0.717) is 17.0 Å². The molecule has 0 aliphatic rings. The third-order valence-corrected chi connectivity index (χ3v) is 2.42. The van der Waals surface area contributed by atoms with Gasteiger partial charge < -0.3 is 10.7 Å². The average molecular weight is 240 g/mol. The Kier molecular flexibility index (Phi) is 5.33. The molecule has 0 saturated carbocycles. The first-order chi connectivity index (χ1) is 8.74. The highest BCUT2D eigenvalue weighted by Gasteiger charge is 2.03. The Bertz CT molecular complexity index is 499. The average Bonchev–Trinajstić information content (AvgIpc) is 2.40. The first kappa shape index (κ1) is 13.7. The van der Waals surface area contributed by atoms with Gasteiger partial charge >= 0.3 is 0 Å². The van der Waals surface area contributed by atoms with Crippen LogP contribution in [-0.4, -0.2) is 11.2 Å². The van der Waals surface area contributed by atoms with Gasteiger partial charge in [-0.25, -0.2) is 4.98 Å². The van der Waals surface area contributed by atoms with Crippen LogP contribution >= 0.6 is 0 Å². The SMILES string of the molecule is C=C/C(C=N)=C/Nc1cc(CCC)c(C#N)cn1. The van der Waals surface area contributed by atoms with Crippen LogP contribution in [0.2, 0.25) is 0 Å². The number of rotatable bonds is 6. The number of hydrogen-bond donors (Lipinski definition) is 2. The van der Waals surface area contributed by atoms with Crippen LogP contribution in [0.25, 0.3) is 0 Å². The second-order valence-corrected chi connectivity index (χ2v) is 3.73. The minimum atomic E-state index is 0.613. The van der Waals surface area contributed by atoms with E-state index in [9.17, 15) is 0 Å². The highest BCUT2D eigenvalue weighted by molar-refractivity contribution is 5.80. The Balaban J connectivity index is 2.95. The molecule has 0 unspecified atom stereocenters. The lowest BCUT2D eigenvalue weighted by molar-refractivity contribution is 0.915. The van der Waals surface area contributed by atoms with Crippen LogP contribution in [0, 0.1) is 16.7 Å². The van der Waals surface area contributed by atoms with E-state index < -0.39 is 0 Å². The fourth-order valence-corrected chi connectivity index (χ4v) is 1.47. The van der Waals surface area contributed by atoms with Crippen LogP contribution < -0.4 is 5.32 Å². The zero-order valence-corrected chi connectivity index (χ0v) is 10.4. The molecule has 0 aliphatic heterocycles. The molecule has 4 heteroatoms. The van der Waals surface area contributed by atoms with Crippen molar-refractivity contribution in [1.82, 2.24) is 4.98 Å². The lowest BCUT2D eigenvalue weighted by Crippen LogP contribution is -1.98. The maximum Gasteiger partial charge on any atom is 0.130 e. The van der Waals surface area contributed by atoms with E-state index in [1.807, 2.05) is 6.07 Å². The number of nitrogens with one attached hydrogen (secondary N) is 2. The van der Waals surface area contributed by atoms with Gasteiger partial charge in [-0.3, -0.25) is 0 Å². The summed E-state index contributed by atoms with van der Waals surface area (Å²) in [7, 11) is 0. The molecule has 0 saturated heterocycles. The number of anilines is 1. The summed E-state index contributed by atoms with van der Waals surface area (Å²) in [5, 5.41) is 19.1. The van der Waals surface area contributed by atoms with Gasteiger partial charge in [0.1, 0.15) is 11.9 Å². The van der Waals surface area contributed by atoms with Crippen molar-refractivity contribution in [2.75, 3.05) is 5.32 Å². The van der Waals surface area contributed by atoms with E-state index in [1.165, 1.54) is 6.21 Å². The van der Waals surface area contributed by atoms with E-state index >= 15 is 0 Å². The fraction of sp³-hybridized carbons (Fsp3) is 0.214. The molecule has 0 bridgehead atoms. The van der Waals surface area contributed by atoms with E-state index in [-0.39, 0.29) is 0 Å². The van der Waals surface area contributed by atoms with Gasteiger partial charge in [-0.15, -0.1) is 0 Å². The molecular weight excluding hydrogens is 224 g/mol. The summed E-state index contributed by atoms with van der Waals surface area (Å²) < 4.78 is 0. The lowest BCUT2D eigenvalue weighted by Gasteiger charge is -2.05. The number of nitrogens with zero attached hydrogens (tertiary/aromatic N) is 2. The Hall–Kier alpha value is -2.41. The predicted octanol–water partition coefficient (Wildman–Crippen LogP) is 3.04. The third kappa shape index (κ3) is 3.56. The van der Waals surface area contributed by atoms with Crippen LogP contribution in [0.15, 0.2) is 36.7 Å². The number of aromatic nitrogens is 1. The number of nitriles is 1. The maximum atomic E-state index is 8.96. The van der Waals surface area contributed by atoms with Crippen LogP contribution in [0.4, 0.5) is 5.82 Å². The van der Waals surface area contributed by atoms with Gasteiger partial charge in [0.2, 0.25) is 0 Å². The summed E-state index contributed by atoms with van der Waals surface area (Å²) in [4.78, 5) is 4.15. The Morgan fingerprint density at radius 2 is 2.44 bits per heavy atom. The summed E-state index contributed by atoms with van der Waals surface area (Å²) in [6.45, 7) is 5.66. The van der Waals surface area contributed by atoms with Gasteiger partial charge in [0.25, 0.3) is 0 Å². The monoisotopic (exact) mass is 240 g/mol. The van der Waals surface area contributed by atoms with Crippen molar-refractivity contribution >= 4 is 12.0 Å². The van der Waals surface area contributed by atoms with Crippen LogP contribution in [0.3, 0.4) is 0 Å². The number of allylic oxidation sites excluding steroid dienone is 2. The minimum absolute atomic E-state index is 0.613. The highest BCUT2D eigenvalue weighted by atomic mass is 15.0. The molecule has 92 valence electrons. The van der Waals surface area contributed by atoms with Crippen molar-refractivity contribution in [3.8, 4) is 6.07 Å². The lowest BCUT2D eigenvalue weighted by atomic mass is 10.1. The molecule has 1 rings (SSSR count). The standard InChI is InChI=1S/C14H16N4/c1-3-5-12-6-14(18-10-13(12)8-16)17-9-11(4-2)7-15/h4,6-7,9-10,15H,2-3,5H2,1H3,(H,17,18)/b11-9-,15-7?. The van der Waals surface area contributed by atoms with Crippen molar-refractivity contribution < 1.29 is 0 Å². The third-order valence-electron chi connectivity index (χ3n) is 2.42. The summed E-state index contributed by atoms with van der Waals surface area (Å²) in [5.74, 6) is 0.665. The minimum Gasteiger partial charge on any atom is -0.346 e. The molecule has 0 amide bonds. The molecule has 0 atom stereocenters. The van der Waals surface area contributed by atoms with Gasteiger partial charge in [0.15, 0.2) is 0 Å². The van der Waals surface area contributed by atoms with Gasteiger partial charge in [-0.2, -0.15) is 5.26 Å². The normalized spacial score (nSPS) is 10.6. The number of pyridine rings is 1. The van der Waals surface area contributed by atoms with Gasteiger partial charge in [-0.05, 0) is 18.1 Å². The molecule has 0 aromatic carbocycles. The molecule has 1 aromatic rings. The van der Waals surface area contributed by atoms with Crippen LogP contribution in [0.5, 0.6) is 0 Å². The van der Waals surface area contributed by atoms with Crippen molar-refractivity contribution in [2.45, 2.75) is 19.8 Å². The largest absolute Gasteiger partial charge is 0.346 e. The molecule has 1 aromatic heterocycles. The van der Waals surface area contributed by atoms with E-state index in [4.69, 9.17) is 10.7 Å². The molecule has 0 spiro atoms.